The van der Waals surface area contributed by atoms with Crippen LogP contribution in [0, 0.1) is 5.92 Å². The molecule has 2 amide bonds. The van der Waals surface area contributed by atoms with Crippen molar-refractivity contribution >= 4 is 24.2 Å². The second-order valence-electron chi connectivity index (χ2n) is 6.64. The lowest BCUT2D eigenvalue weighted by Crippen LogP contribution is -2.51. The number of carbonyl (C=O) groups excluding carboxylic acids is 2. The number of rotatable bonds is 4. The molecule has 1 saturated heterocycles. The molecule has 0 aliphatic carbocycles. The zero-order valence-electron chi connectivity index (χ0n) is 13.9. The molecule has 0 bridgehead atoms. The second-order valence-corrected chi connectivity index (χ2v) is 6.64. The van der Waals surface area contributed by atoms with Gasteiger partial charge in [-0.3, -0.25) is 9.59 Å². The molecule has 0 spiro atoms. The van der Waals surface area contributed by atoms with E-state index in [0.29, 0.717) is 25.3 Å². The number of piperidine rings is 1. The van der Waals surface area contributed by atoms with Gasteiger partial charge in [0.2, 0.25) is 11.8 Å². The fourth-order valence-electron chi connectivity index (χ4n) is 3.68. The predicted octanol–water partition coefficient (Wildman–Crippen LogP) is 1.63. The highest BCUT2D eigenvalue weighted by molar-refractivity contribution is 5.87. The van der Waals surface area contributed by atoms with E-state index in [4.69, 9.17) is 5.73 Å². The molecule has 3 N–H and O–H groups in total. The van der Waals surface area contributed by atoms with Crippen molar-refractivity contribution in [3.8, 4) is 0 Å². The van der Waals surface area contributed by atoms with Gasteiger partial charge in [0, 0.05) is 19.4 Å². The topological polar surface area (TPSA) is 75.4 Å². The van der Waals surface area contributed by atoms with Gasteiger partial charge >= 0.3 is 0 Å². The van der Waals surface area contributed by atoms with Crippen LogP contribution in [0.25, 0.3) is 0 Å². The van der Waals surface area contributed by atoms with Crippen LogP contribution in [0.1, 0.15) is 36.8 Å². The van der Waals surface area contributed by atoms with E-state index in [9.17, 15) is 9.59 Å². The van der Waals surface area contributed by atoms with Crippen LogP contribution in [0.2, 0.25) is 0 Å². The molecule has 2 aliphatic rings. The van der Waals surface area contributed by atoms with E-state index in [0.717, 1.165) is 43.5 Å². The molecule has 1 aromatic carbocycles. The number of nitrogens with one attached hydrogen (secondary N) is 1. The van der Waals surface area contributed by atoms with Gasteiger partial charge in [-0.1, -0.05) is 24.3 Å². The van der Waals surface area contributed by atoms with E-state index in [2.05, 4.69) is 5.32 Å². The number of primary amides is 1. The summed E-state index contributed by atoms with van der Waals surface area (Å²) in [5.74, 6) is 0.265. The van der Waals surface area contributed by atoms with Crippen LogP contribution in [0.15, 0.2) is 24.3 Å². The summed E-state index contributed by atoms with van der Waals surface area (Å²) in [6, 6.07) is 7.47. The first kappa shape index (κ1) is 18.7. The van der Waals surface area contributed by atoms with Crippen molar-refractivity contribution in [3.05, 3.63) is 35.4 Å². The van der Waals surface area contributed by atoms with Crippen LogP contribution in [0.5, 0.6) is 0 Å². The lowest BCUT2D eigenvalue weighted by atomic mass is 9.91. The van der Waals surface area contributed by atoms with Crippen molar-refractivity contribution in [2.24, 2.45) is 11.7 Å². The quantitative estimate of drug-likeness (QED) is 0.865. The van der Waals surface area contributed by atoms with Crippen LogP contribution in [-0.2, 0) is 22.6 Å². The maximum Gasteiger partial charge on any atom is 0.240 e. The molecule has 3 rings (SSSR count). The number of nitrogens with zero attached hydrogens (tertiary/aromatic N) is 1. The minimum Gasteiger partial charge on any atom is -0.368 e. The Bertz CT molecular complexity index is 587. The normalized spacial score (nSPS) is 20.8. The molecule has 0 aromatic heterocycles. The third kappa shape index (κ3) is 4.28. The van der Waals surface area contributed by atoms with Crippen molar-refractivity contribution in [2.45, 2.75) is 44.7 Å². The highest BCUT2D eigenvalue weighted by Crippen LogP contribution is 2.25. The fraction of sp³-hybridized carbons (Fsp3) is 0.556. The van der Waals surface area contributed by atoms with Crippen LogP contribution in [0.4, 0.5) is 0 Å². The molecule has 1 fully saturated rings. The lowest BCUT2D eigenvalue weighted by Gasteiger charge is -2.35. The van der Waals surface area contributed by atoms with Gasteiger partial charge in [-0.25, -0.2) is 0 Å². The zero-order valence-corrected chi connectivity index (χ0v) is 14.7. The molecule has 1 aromatic rings. The summed E-state index contributed by atoms with van der Waals surface area (Å²) in [5.41, 5.74) is 7.80. The molecule has 2 heterocycles. The maximum atomic E-state index is 12.7. The molecular formula is C18H26ClN3O2. The molecule has 2 aliphatic heterocycles. The molecule has 0 saturated carbocycles. The Hall–Kier alpha value is -1.59. The summed E-state index contributed by atoms with van der Waals surface area (Å²) in [7, 11) is 0. The van der Waals surface area contributed by atoms with Gasteiger partial charge in [-0.2, -0.15) is 0 Å². The van der Waals surface area contributed by atoms with E-state index in [1.807, 2.05) is 24.3 Å². The SMILES string of the molecule is Cl.NC(=O)C1Cc2ccccc2CN1C(=O)CCC1CCNCC1. The Morgan fingerprint density at radius 3 is 2.50 bits per heavy atom. The summed E-state index contributed by atoms with van der Waals surface area (Å²) in [6.07, 6.45) is 4.22. The first-order valence-electron chi connectivity index (χ1n) is 8.51. The van der Waals surface area contributed by atoms with Crippen molar-refractivity contribution < 1.29 is 9.59 Å². The third-order valence-corrected chi connectivity index (χ3v) is 5.12. The molecule has 6 heteroatoms. The van der Waals surface area contributed by atoms with Gasteiger partial charge < -0.3 is 16.0 Å². The molecule has 0 radical (unpaired) electrons. The summed E-state index contributed by atoms with van der Waals surface area (Å²) in [5, 5.41) is 3.34. The first-order chi connectivity index (χ1) is 11.1. The lowest BCUT2D eigenvalue weighted by molar-refractivity contribution is -0.140. The number of benzene rings is 1. The van der Waals surface area contributed by atoms with E-state index in [1.54, 1.807) is 4.90 Å². The van der Waals surface area contributed by atoms with Gasteiger partial charge in [0.25, 0.3) is 0 Å². The van der Waals surface area contributed by atoms with Gasteiger partial charge in [0.05, 0.1) is 0 Å². The van der Waals surface area contributed by atoms with Crippen molar-refractivity contribution in [1.29, 1.82) is 0 Å². The van der Waals surface area contributed by atoms with Gasteiger partial charge in [-0.15, -0.1) is 12.4 Å². The van der Waals surface area contributed by atoms with E-state index in [-0.39, 0.29) is 18.3 Å². The molecule has 132 valence electrons. The summed E-state index contributed by atoms with van der Waals surface area (Å²) < 4.78 is 0. The number of carbonyl (C=O) groups is 2. The standard InChI is InChI=1S/C18H25N3O2.ClH/c19-18(23)16-11-14-3-1-2-4-15(14)12-21(16)17(22)6-5-13-7-9-20-10-8-13;/h1-4,13,16,20H,5-12H2,(H2,19,23);1H. The van der Waals surface area contributed by atoms with E-state index < -0.39 is 11.9 Å². The molecular weight excluding hydrogens is 326 g/mol. The molecule has 5 nitrogen and oxygen atoms in total. The van der Waals surface area contributed by atoms with Gasteiger partial charge in [0.1, 0.15) is 6.04 Å². The second kappa shape index (κ2) is 8.49. The van der Waals surface area contributed by atoms with Crippen LogP contribution >= 0.6 is 12.4 Å². The third-order valence-electron chi connectivity index (χ3n) is 5.12. The minimum atomic E-state index is -0.509. The zero-order chi connectivity index (χ0) is 16.2. The highest BCUT2D eigenvalue weighted by atomic mass is 35.5. The summed E-state index contributed by atoms with van der Waals surface area (Å²) in [6.45, 7) is 2.58. The minimum absolute atomic E-state index is 0. The van der Waals surface area contributed by atoms with E-state index in [1.165, 1.54) is 0 Å². The number of amides is 2. The van der Waals surface area contributed by atoms with Crippen molar-refractivity contribution in [3.63, 3.8) is 0 Å². The Morgan fingerprint density at radius 2 is 1.83 bits per heavy atom. The summed E-state index contributed by atoms with van der Waals surface area (Å²) in [4.78, 5) is 26.2. The van der Waals surface area contributed by atoms with Crippen molar-refractivity contribution in [1.82, 2.24) is 10.2 Å². The number of halogens is 1. The Balaban J connectivity index is 0.00000208. The van der Waals surface area contributed by atoms with Crippen LogP contribution < -0.4 is 11.1 Å². The van der Waals surface area contributed by atoms with E-state index >= 15 is 0 Å². The number of nitrogens with two attached hydrogens (primary N) is 1. The highest BCUT2D eigenvalue weighted by Gasteiger charge is 2.33. The fourth-order valence-corrected chi connectivity index (χ4v) is 3.68. The van der Waals surface area contributed by atoms with Crippen LogP contribution in [0.3, 0.4) is 0 Å². The molecule has 24 heavy (non-hydrogen) atoms. The number of fused-ring (bicyclic) bond motifs is 1. The monoisotopic (exact) mass is 351 g/mol. The Labute approximate surface area is 149 Å². The van der Waals surface area contributed by atoms with Crippen molar-refractivity contribution in [2.75, 3.05) is 13.1 Å². The predicted molar refractivity (Wildman–Crippen MR) is 95.8 cm³/mol. The maximum absolute atomic E-state index is 12.7. The summed E-state index contributed by atoms with van der Waals surface area (Å²) >= 11 is 0. The van der Waals surface area contributed by atoms with Gasteiger partial charge in [-0.05, 0) is 49.4 Å². The average Bonchev–Trinajstić information content (AvgIpc) is 2.59. The Morgan fingerprint density at radius 1 is 1.17 bits per heavy atom. The molecule has 1 atom stereocenters. The average molecular weight is 352 g/mol. The number of hydrogen-bond acceptors (Lipinski definition) is 3. The smallest absolute Gasteiger partial charge is 0.240 e. The van der Waals surface area contributed by atoms with Crippen LogP contribution in [-0.4, -0.2) is 35.8 Å². The van der Waals surface area contributed by atoms with Gasteiger partial charge in [0.15, 0.2) is 0 Å². The first-order valence-corrected chi connectivity index (χ1v) is 8.51. The Kier molecular flexibility index (Phi) is 6.63. The number of hydrogen-bond donors (Lipinski definition) is 2. The largest absolute Gasteiger partial charge is 0.368 e. The molecule has 1 unspecified atom stereocenters.